The maximum absolute atomic E-state index is 12.4. The van der Waals surface area contributed by atoms with Crippen molar-refractivity contribution in [3.8, 4) is 5.75 Å². The van der Waals surface area contributed by atoms with E-state index in [-0.39, 0.29) is 5.91 Å². The predicted octanol–water partition coefficient (Wildman–Crippen LogP) is 4.93. The molecule has 1 aliphatic carbocycles. The Labute approximate surface area is 148 Å². The largest absolute Gasteiger partial charge is 0.481 e. The Morgan fingerprint density at radius 3 is 2.79 bits per heavy atom. The third-order valence-corrected chi connectivity index (χ3v) is 4.87. The van der Waals surface area contributed by atoms with Gasteiger partial charge in [0.25, 0.3) is 5.91 Å². The predicted molar refractivity (Wildman–Crippen MR) is 98.0 cm³/mol. The molecule has 1 unspecified atom stereocenters. The van der Waals surface area contributed by atoms with E-state index in [1.54, 1.807) is 13.0 Å². The van der Waals surface area contributed by atoms with Gasteiger partial charge in [0.15, 0.2) is 6.10 Å². The van der Waals surface area contributed by atoms with E-state index in [0.29, 0.717) is 10.7 Å². The van der Waals surface area contributed by atoms with Crippen LogP contribution in [0.5, 0.6) is 5.75 Å². The zero-order valence-corrected chi connectivity index (χ0v) is 14.8. The molecule has 3 nitrogen and oxygen atoms in total. The zero-order chi connectivity index (χ0) is 17.1. The van der Waals surface area contributed by atoms with Crippen molar-refractivity contribution in [2.24, 2.45) is 0 Å². The Hall–Kier alpha value is -2.00. The van der Waals surface area contributed by atoms with Gasteiger partial charge < -0.3 is 10.1 Å². The third-order valence-electron chi connectivity index (χ3n) is 4.47. The van der Waals surface area contributed by atoms with Crippen molar-refractivity contribution < 1.29 is 9.53 Å². The van der Waals surface area contributed by atoms with Gasteiger partial charge in [-0.25, -0.2) is 0 Å². The zero-order valence-electron chi connectivity index (χ0n) is 14.1. The number of hydrogen-bond donors (Lipinski definition) is 1. The second kappa shape index (κ2) is 7.27. The second-order valence-electron chi connectivity index (χ2n) is 6.31. The van der Waals surface area contributed by atoms with Crippen molar-refractivity contribution in [2.45, 2.75) is 45.6 Å². The number of halogens is 1. The maximum Gasteiger partial charge on any atom is 0.265 e. The molecule has 0 aliphatic heterocycles. The third kappa shape index (κ3) is 3.73. The van der Waals surface area contributed by atoms with Crippen LogP contribution in [0.3, 0.4) is 0 Å². The van der Waals surface area contributed by atoms with Crippen LogP contribution in [0.15, 0.2) is 36.4 Å². The van der Waals surface area contributed by atoms with E-state index in [1.165, 1.54) is 24.0 Å². The first-order valence-electron chi connectivity index (χ1n) is 8.39. The van der Waals surface area contributed by atoms with E-state index in [0.717, 1.165) is 24.2 Å². The first kappa shape index (κ1) is 16.8. The molecule has 0 spiro atoms. The lowest BCUT2D eigenvalue weighted by atomic mass is 9.91. The van der Waals surface area contributed by atoms with Gasteiger partial charge in [0.05, 0.1) is 0 Å². The molecule has 1 amide bonds. The smallest absolute Gasteiger partial charge is 0.265 e. The average molecular weight is 344 g/mol. The molecular formula is C20H22ClNO2. The number of benzene rings is 2. The highest BCUT2D eigenvalue weighted by atomic mass is 35.5. The highest BCUT2D eigenvalue weighted by molar-refractivity contribution is 6.31. The summed E-state index contributed by atoms with van der Waals surface area (Å²) in [5, 5.41) is 3.50. The summed E-state index contributed by atoms with van der Waals surface area (Å²) in [7, 11) is 0. The number of ether oxygens (including phenoxy) is 1. The molecule has 24 heavy (non-hydrogen) atoms. The number of hydrogen-bond acceptors (Lipinski definition) is 2. The van der Waals surface area contributed by atoms with Gasteiger partial charge in [0, 0.05) is 10.7 Å². The van der Waals surface area contributed by atoms with Gasteiger partial charge in [-0.1, -0.05) is 29.8 Å². The quantitative estimate of drug-likeness (QED) is 0.854. The van der Waals surface area contributed by atoms with Gasteiger partial charge in [-0.15, -0.1) is 0 Å². The van der Waals surface area contributed by atoms with Gasteiger partial charge in [-0.2, -0.15) is 0 Å². The first-order valence-corrected chi connectivity index (χ1v) is 8.77. The molecule has 2 aromatic rings. The topological polar surface area (TPSA) is 38.3 Å². The summed E-state index contributed by atoms with van der Waals surface area (Å²) in [5.41, 5.74) is 4.26. The number of nitrogens with one attached hydrogen (secondary N) is 1. The van der Waals surface area contributed by atoms with Gasteiger partial charge in [-0.05, 0) is 74.4 Å². The number of carbonyl (C=O) groups excluding carboxylic acids is 1. The number of rotatable bonds is 4. The molecule has 3 rings (SSSR count). The summed E-state index contributed by atoms with van der Waals surface area (Å²) >= 11 is 6.10. The molecule has 2 aromatic carbocycles. The molecule has 0 saturated heterocycles. The van der Waals surface area contributed by atoms with E-state index in [4.69, 9.17) is 16.3 Å². The van der Waals surface area contributed by atoms with E-state index >= 15 is 0 Å². The van der Waals surface area contributed by atoms with Crippen LogP contribution in [-0.4, -0.2) is 12.0 Å². The summed E-state index contributed by atoms with van der Waals surface area (Å²) in [4.78, 5) is 12.4. The van der Waals surface area contributed by atoms with Crippen molar-refractivity contribution in [3.05, 3.63) is 58.1 Å². The van der Waals surface area contributed by atoms with Crippen LogP contribution in [0.1, 0.15) is 36.5 Å². The number of fused-ring (bicyclic) bond motifs is 1. The van der Waals surface area contributed by atoms with Gasteiger partial charge in [0.1, 0.15) is 5.75 Å². The van der Waals surface area contributed by atoms with Crippen LogP contribution in [0.4, 0.5) is 5.69 Å². The fourth-order valence-electron chi connectivity index (χ4n) is 3.02. The minimum Gasteiger partial charge on any atom is -0.481 e. The summed E-state index contributed by atoms with van der Waals surface area (Å²) in [5.74, 6) is 0.653. The van der Waals surface area contributed by atoms with Crippen molar-refractivity contribution in [1.29, 1.82) is 0 Å². The summed E-state index contributed by atoms with van der Waals surface area (Å²) in [6.07, 6.45) is 3.94. The standard InChI is InChI=1S/C20H22ClNO2/c1-13-10-11-16(12-18(13)21)22-20(23)14(2)24-19-9-5-7-15-6-3-4-8-17(15)19/h5,7,9-12,14H,3-4,6,8H2,1-2H3,(H,22,23). The van der Waals surface area contributed by atoms with Crippen LogP contribution in [0, 0.1) is 6.92 Å². The van der Waals surface area contributed by atoms with E-state index in [9.17, 15) is 4.79 Å². The van der Waals surface area contributed by atoms with Crippen molar-refractivity contribution in [1.82, 2.24) is 0 Å². The van der Waals surface area contributed by atoms with E-state index < -0.39 is 6.10 Å². The Bertz CT molecular complexity index is 757. The highest BCUT2D eigenvalue weighted by Gasteiger charge is 2.19. The molecule has 1 atom stereocenters. The average Bonchev–Trinajstić information content (AvgIpc) is 2.58. The molecular weight excluding hydrogens is 322 g/mol. The molecule has 1 aliphatic rings. The maximum atomic E-state index is 12.4. The van der Waals surface area contributed by atoms with Crippen LogP contribution in [0.25, 0.3) is 0 Å². The number of aryl methyl sites for hydroxylation is 2. The number of anilines is 1. The lowest BCUT2D eigenvalue weighted by molar-refractivity contribution is -0.122. The Balaban J connectivity index is 1.69. The summed E-state index contributed by atoms with van der Waals surface area (Å²) < 4.78 is 5.96. The lowest BCUT2D eigenvalue weighted by Crippen LogP contribution is -2.30. The minimum absolute atomic E-state index is 0.177. The van der Waals surface area contributed by atoms with Crippen molar-refractivity contribution in [2.75, 3.05) is 5.32 Å². The van der Waals surface area contributed by atoms with Crippen LogP contribution in [0.2, 0.25) is 5.02 Å². The van der Waals surface area contributed by atoms with Crippen LogP contribution >= 0.6 is 11.6 Å². The SMILES string of the molecule is Cc1ccc(NC(=O)C(C)Oc2cccc3c2CCCC3)cc1Cl. The molecule has 0 saturated carbocycles. The Kier molecular flexibility index (Phi) is 5.10. The Morgan fingerprint density at radius 1 is 1.21 bits per heavy atom. The molecule has 1 N–H and O–H groups in total. The van der Waals surface area contributed by atoms with Crippen LogP contribution in [-0.2, 0) is 17.6 Å². The Morgan fingerprint density at radius 2 is 2.00 bits per heavy atom. The highest BCUT2D eigenvalue weighted by Crippen LogP contribution is 2.30. The van der Waals surface area contributed by atoms with Crippen molar-refractivity contribution >= 4 is 23.2 Å². The number of amides is 1. The normalized spacial score (nSPS) is 14.6. The van der Waals surface area contributed by atoms with Gasteiger partial charge >= 0.3 is 0 Å². The minimum atomic E-state index is -0.571. The van der Waals surface area contributed by atoms with Gasteiger partial charge in [-0.3, -0.25) is 4.79 Å². The fourth-order valence-corrected chi connectivity index (χ4v) is 3.20. The first-order chi connectivity index (χ1) is 11.5. The molecule has 0 radical (unpaired) electrons. The van der Waals surface area contributed by atoms with E-state index in [1.807, 2.05) is 31.2 Å². The molecule has 0 heterocycles. The van der Waals surface area contributed by atoms with Crippen LogP contribution < -0.4 is 10.1 Å². The van der Waals surface area contributed by atoms with Crippen molar-refractivity contribution in [3.63, 3.8) is 0 Å². The lowest BCUT2D eigenvalue weighted by Gasteiger charge is -2.22. The second-order valence-corrected chi connectivity index (χ2v) is 6.72. The summed E-state index contributed by atoms with van der Waals surface area (Å²) in [6.45, 7) is 3.70. The van der Waals surface area contributed by atoms with E-state index in [2.05, 4.69) is 11.4 Å². The number of carbonyl (C=O) groups is 1. The molecule has 0 aromatic heterocycles. The molecule has 4 heteroatoms. The molecule has 0 bridgehead atoms. The summed E-state index contributed by atoms with van der Waals surface area (Å²) in [6, 6.07) is 11.6. The molecule has 0 fully saturated rings. The van der Waals surface area contributed by atoms with Gasteiger partial charge in [0.2, 0.25) is 0 Å². The molecule has 126 valence electrons. The monoisotopic (exact) mass is 343 g/mol. The fraction of sp³-hybridized carbons (Fsp3) is 0.350.